The molecule has 1 fully saturated rings. The number of carboxylic acids is 2. The van der Waals surface area contributed by atoms with E-state index in [1.54, 1.807) is 37.4 Å². The van der Waals surface area contributed by atoms with Gasteiger partial charge in [0.25, 0.3) is 5.91 Å². The Kier molecular flexibility index (Phi) is 11.9. The number of hydrogen-bond acceptors (Lipinski definition) is 7. The Hall–Kier alpha value is -4.33. The molecule has 0 aromatic heterocycles. The van der Waals surface area contributed by atoms with Gasteiger partial charge in [-0.15, -0.1) is 0 Å². The van der Waals surface area contributed by atoms with Crippen molar-refractivity contribution in [1.29, 1.82) is 0 Å². The number of aromatic carboxylic acids is 1. The van der Waals surface area contributed by atoms with E-state index >= 15 is 0 Å². The van der Waals surface area contributed by atoms with Crippen molar-refractivity contribution in [3.8, 4) is 5.75 Å². The summed E-state index contributed by atoms with van der Waals surface area (Å²) in [5.74, 6) is -3.40. The van der Waals surface area contributed by atoms with Gasteiger partial charge in [0.1, 0.15) is 5.75 Å². The van der Waals surface area contributed by atoms with Crippen LogP contribution >= 0.6 is 0 Å². The molecular formula is C27H33F3N4O7. The molecule has 0 atom stereocenters. The second-order valence-corrected chi connectivity index (χ2v) is 8.85. The number of rotatable bonds is 9. The fraction of sp³-hybridized carbons (Fsp3) is 0.407. The normalized spacial score (nSPS) is 13.5. The second-order valence-electron chi connectivity index (χ2n) is 8.85. The molecule has 2 aromatic carbocycles. The number of ether oxygens (including phenoxy) is 1. The molecule has 0 aliphatic carbocycles. The van der Waals surface area contributed by atoms with E-state index in [9.17, 15) is 32.7 Å². The minimum Gasteiger partial charge on any atom is -0.497 e. The van der Waals surface area contributed by atoms with Gasteiger partial charge in [-0.1, -0.05) is 0 Å². The zero-order valence-corrected chi connectivity index (χ0v) is 22.9. The third-order valence-electron chi connectivity index (χ3n) is 6.27. The highest BCUT2D eigenvalue weighted by molar-refractivity contribution is 6.06. The molecule has 0 spiro atoms. The first-order chi connectivity index (χ1) is 19.3. The Morgan fingerprint density at radius 2 is 1.46 bits per heavy atom. The number of carbonyl (C=O) groups is 4. The van der Waals surface area contributed by atoms with Crippen molar-refractivity contribution in [1.82, 2.24) is 9.80 Å². The number of methoxy groups -OCH3 is 1. The Morgan fingerprint density at radius 1 is 0.927 bits per heavy atom. The summed E-state index contributed by atoms with van der Waals surface area (Å²) in [6.45, 7) is 8.43. The van der Waals surface area contributed by atoms with Crippen LogP contribution in [0.4, 0.5) is 24.5 Å². The van der Waals surface area contributed by atoms with Crippen LogP contribution < -0.4 is 15.0 Å². The Labute approximate surface area is 235 Å². The van der Waals surface area contributed by atoms with Gasteiger partial charge in [-0.2, -0.15) is 13.2 Å². The van der Waals surface area contributed by atoms with E-state index in [-0.39, 0.29) is 17.4 Å². The lowest BCUT2D eigenvalue weighted by atomic mass is 10.1. The maximum absolute atomic E-state index is 12.9. The minimum atomic E-state index is -5.08. The molecule has 11 nitrogen and oxygen atoms in total. The first-order valence-corrected chi connectivity index (χ1v) is 12.7. The van der Waals surface area contributed by atoms with Gasteiger partial charge in [0.2, 0.25) is 5.91 Å². The summed E-state index contributed by atoms with van der Waals surface area (Å²) in [6, 6.07) is 11.4. The van der Waals surface area contributed by atoms with Crippen LogP contribution in [0.2, 0.25) is 0 Å². The van der Waals surface area contributed by atoms with Crippen molar-refractivity contribution in [2.24, 2.45) is 0 Å². The fourth-order valence-corrected chi connectivity index (χ4v) is 4.00. The smallest absolute Gasteiger partial charge is 0.490 e. The summed E-state index contributed by atoms with van der Waals surface area (Å²) in [5, 5.41) is 19.4. The summed E-state index contributed by atoms with van der Waals surface area (Å²) < 4.78 is 36.9. The van der Waals surface area contributed by atoms with Crippen LogP contribution in [0.1, 0.15) is 34.6 Å². The lowest BCUT2D eigenvalue weighted by molar-refractivity contribution is -0.192. The summed E-state index contributed by atoms with van der Waals surface area (Å²) in [7, 11) is 1.55. The van der Waals surface area contributed by atoms with Crippen molar-refractivity contribution in [3.63, 3.8) is 0 Å². The largest absolute Gasteiger partial charge is 0.497 e. The third kappa shape index (κ3) is 9.67. The van der Waals surface area contributed by atoms with Crippen molar-refractivity contribution in [2.75, 3.05) is 63.1 Å². The van der Waals surface area contributed by atoms with Crippen molar-refractivity contribution >= 4 is 35.1 Å². The molecule has 1 saturated heterocycles. The van der Waals surface area contributed by atoms with E-state index in [2.05, 4.69) is 15.1 Å². The zero-order chi connectivity index (χ0) is 30.7. The number of amides is 2. The van der Waals surface area contributed by atoms with Crippen LogP contribution in [-0.4, -0.2) is 103 Å². The zero-order valence-electron chi connectivity index (χ0n) is 22.9. The first kappa shape index (κ1) is 32.9. The Bertz CT molecular complexity index is 1210. The molecule has 14 heteroatoms. The summed E-state index contributed by atoms with van der Waals surface area (Å²) in [6.07, 6.45) is -5.08. The number of anilines is 2. The lowest BCUT2D eigenvalue weighted by Gasteiger charge is -2.37. The van der Waals surface area contributed by atoms with E-state index < -0.39 is 18.1 Å². The molecule has 0 unspecified atom stereocenters. The molecule has 1 aliphatic heterocycles. The van der Waals surface area contributed by atoms with E-state index in [1.807, 2.05) is 18.7 Å². The average molecular weight is 583 g/mol. The topological polar surface area (TPSA) is 140 Å². The number of nitrogens with zero attached hydrogens (tertiary/aromatic N) is 3. The molecule has 3 rings (SSSR count). The van der Waals surface area contributed by atoms with Gasteiger partial charge in [0.15, 0.2) is 0 Å². The monoisotopic (exact) mass is 582 g/mol. The number of carbonyl (C=O) groups excluding carboxylic acids is 2. The van der Waals surface area contributed by atoms with Crippen LogP contribution in [0, 0.1) is 0 Å². The van der Waals surface area contributed by atoms with Crippen LogP contribution in [-0.2, 0) is 9.59 Å². The van der Waals surface area contributed by atoms with Gasteiger partial charge < -0.3 is 30.1 Å². The molecule has 3 N–H and O–H groups in total. The lowest BCUT2D eigenvalue weighted by Crippen LogP contribution is -2.50. The standard InChI is InChI=1S/C25H32N4O5.C2HF3O2/c1-4-28(5-2)23(30)17-27-12-14-29(15-13-27)22-11-8-19(25(32)33)16-21(22)26-24(31)18-6-9-20(34-3)10-7-18;3-2(4,5)1(6)7/h6-11,16H,4-5,12-15,17H2,1-3H3,(H,26,31)(H,32,33);(H,6,7). The van der Waals surface area contributed by atoms with Gasteiger partial charge in [0.05, 0.1) is 30.6 Å². The third-order valence-corrected chi connectivity index (χ3v) is 6.27. The van der Waals surface area contributed by atoms with E-state index in [1.165, 1.54) is 12.1 Å². The molecule has 41 heavy (non-hydrogen) atoms. The predicted molar refractivity (Wildman–Crippen MR) is 145 cm³/mol. The van der Waals surface area contributed by atoms with Gasteiger partial charge in [0, 0.05) is 44.8 Å². The molecule has 2 amide bonds. The number of likely N-dealkylation sites (N-methyl/N-ethyl adjacent to an activating group) is 1. The molecule has 224 valence electrons. The van der Waals surface area contributed by atoms with Crippen LogP contribution in [0.5, 0.6) is 5.75 Å². The molecule has 0 radical (unpaired) electrons. The van der Waals surface area contributed by atoms with Crippen LogP contribution in [0.15, 0.2) is 42.5 Å². The predicted octanol–water partition coefficient (Wildman–Crippen LogP) is 3.27. The fourth-order valence-electron chi connectivity index (χ4n) is 4.00. The summed E-state index contributed by atoms with van der Waals surface area (Å²) in [5.41, 5.74) is 1.72. The Morgan fingerprint density at radius 3 is 1.93 bits per heavy atom. The number of nitrogens with one attached hydrogen (secondary N) is 1. The molecule has 2 aromatic rings. The number of halogens is 3. The average Bonchev–Trinajstić information content (AvgIpc) is 2.94. The highest BCUT2D eigenvalue weighted by Gasteiger charge is 2.38. The minimum absolute atomic E-state index is 0.0947. The van der Waals surface area contributed by atoms with E-state index in [0.717, 1.165) is 5.69 Å². The summed E-state index contributed by atoms with van der Waals surface area (Å²) >= 11 is 0. The van der Waals surface area contributed by atoms with Gasteiger partial charge in [-0.3, -0.25) is 14.5 Å². The first-order valence-electron chi connectivity index (χ1n) is 12.7. The molecule has 0 saturated carbocycles. The highest BCUT2D eigenvalue weighted by atomic mass is 19.4. The number of alkyl halides is 3. The van der Waals surface area contributed by atoms with E-state index in [0.29, 0.717) is 62.8 Å². The SMILES string of the molecule is CCN(CC)C(=O)CN1CCN(c2ccc(C(=O)O)cc2NC(=O)c2ccc(OC)cc2)CC1.O=C(O)C(F)(F)F. The van der Waals surface area contributed by atoms with Crippen molar-refractivity contribution < 1.29 is 47.3 Å². The van der Waals surface area contributed by atoms with Gasteiger partial charge in [-0.25, -0.2) is 9.59 Å². The maximum Gasteiger partial charge on any atom is 0.490 e. The Balaban J connectivity index is 0.000000745. The second kappa shape index (κ2) is 14.9. The number of carboxylic acid groups (broad SMARTS) is 2. The van der Waals surface area contributed by atoms with Crippen molar-refractivity contribution in [2.45, 2.75) is 20.0 Å². The molecule has 1 heterocycles. The number of benzene rings is 2. The van der Waals surface area contributed by atoms with Gasteiger partial charge in [-0.05, 0) is 56.3 Å². The van der Waals surface area contributed by atoms with Crippen LogP contribution in [0.25, 0.3) is 0 Å². The van der Waals surface area contributed by atoms with E-state index in [4.69, 9.17) is 14.6 Å². The number of aliphatic carboxylic acids is 1. The number of piperazine rings is 1. The molecular weight excluding hydrogens is 549 g/mol. The quantitative estimate of drug-likeness (QED) is 0.407. The van der Waals surface area contributed by atoms with Gasteiger partial charge >= 0.3 is 18.1 Å². The van der Waals surface area contributed by atoms with Crippen LogP contribution in [0.3, 0.4) is 0 Å². The molecule has 1 aliphatic rings. The summed E-state index contributed by atoms with van der Waals surface area (Å²) in [4.78, 5) is 51.8. The maximum atomic E-state index is 12.9. The van der Waals surface area contributed by atoms with Crippen molar-refractivity contribution in [3.05, 3.63) is 53.6 Å². The number of hydrogen-bond donors (Lipinski definition) is 3. The molecule has 0 bridgehead atoms. The highest BCUT2D eigenvalue weighted by Crippen LogP contribution is 2.29.